The number of nitrogens with one attached hydrogen (secondary N) is 2. The van der Waals surface area contributed by atoms with Gasteiger partial charge < -0.3 is 25.6 Å². The zero-order valence-electron chi connectivity index (χ0n) is 16.6. The number of nitro benzene ring substituents is 1. The van der Waals surface area contributed by atoms with Crippen LogP contribution in [0, 0.1) is 10.1 Å². The summed E-state index contributed by atoms with van der Waals surface area (Å²) >= 11 is 0. The summed E-state index contributed by atoms with van der Waals surface area (Å²) in [7, 11) is 3.23. The third kappa shape index (κ3) is 7.40. The number of hydrogen-bond donors (Lipinski definition) is 2. The van der Waals surface area contributed by atoms with Crippen LogP contribution in [-0.4, -0.2) is 50.2 Å². The first kappa shape index (κ1) is 23.9. The third-order valence-electron chi connectivity index (χ3n) is 4.19. The van der Waals surface area contributed by atoms with Crippen molar-refractivity contribution in [1.29, 1.82) is 0 Å². The summed E-state index contributed by atoms with van der Waals surface area (Å²) in [6.45, 7) is 2.11. The number of carbonyl (C=O) groups excluding carboxylic acids is 1. The van der Waals surface area contributed by atoms with Crippen molar-refractivity contribution in [3.8, 4) is 11.5 Å². The Hall–Kier alpha value is -3.17. The number of amides is 1. The molecule has 0 radical (unpaired) electrons. The molecule has 1 amide bonds. The van der Waals surface area contributed by atoms with Gasteiger partial charge in [-0.3, -0.25) is 14.9 Å². The minimum Gasteiger partial charge on any atom is -0.493 e. The molecule has 0 spiro atoms. The lowest BCUT2D eigenvalue weighted by molar-refractivity contribution is -0.384. The molecule has 0 saturated carbocycles. The summed E-state index contributed by atoms with van der Waals surface area (Å²) in [5.41, 5.74) is 1.53. The SMILES string of the molecule is COc1ccc(CCNCCCNC(=O)c2ccc([N+](=O)[O-])cc2)cc1OC.O. The standard InChI is InChI=1S/C20H25N3O5.H2O/c1-27-18-9-4-15(14-19(18)28-2)10-13-21-11-3-12-22-20(24)16-5-7-17(8-6-16)23(25)26;/h4-9,14,21H,3,10-13H2,1-2H3,(H,22,24);1H2. The predicted molar refractivity (Wildman–Crippen MR) is 110 cm³/mol. The molecule has 9 heteroatoms. The lowest BCUT2D eigenvalue weighted by Crippen LogP contribution is -2.28. The Balaban J connectivity index is 0.00000420. The van der Waals surface area contributed by atoms with Crippen molar-refractivity contribution < 1.29 is 24.7 Å². The minimum atomic E-state index is -0.491. The van der Waals surface area contributed by atoms with Gasteiger partial charge in [0.15, 0.2) is 11.5 Å². The average Bonchev–Trinajstić information content (AvgIpc) is 2.72. The first-order valence-electron chi connectivity index (χ1n) is 8.99. The predicted octanol–water partition coefficient (Wildman–Crippen LogP) is 1.74. The fraction of sp³-hybridized carbons (Fsp3) is 0.350. The van der Waals surface area contributed by atoms with Crippen LogP contribution in [0.25, 0.3) is 0 Å². The molecule has 0 aromatic heterocycles. The topological polar surface area (TPSA) is 134 Å². The van der Waals surface area contributed by atoms with Crippen molar-refractivity contribution in [2.45, 2.75) is 12.8 Å². The number of nitrogens with zero attached hydrogens (tertiary/aromatic N) is 1. The maximum atomic E-state index is 12.0. The monoisotopic (exact) mass is 405 g/mol. The highest BCUT2D eigenvalue weighted by Crippen LogP contribution is 2.27. The number of rotatable bonds is 11. The molecule has 0 aliphatic rings. The molecule has 0 saturated heterocycles. The summed E-state index contributed by atoms with van der Waals surface area (Å²) < 4.78 is 10.5. The van der Waals surface area contributed by atoms with Gasteiger partial charge in [-0.05, 0) is 55.8 Å². The number of nitro groups is 1. The second-order valence-corrected chi connectivity index (χ2v) is 6.10. The highest BCUT2D eigenvalue weighted by atomic mass is 16.6. The lowest BCUT2D eigenvalue weighted by atomic mass is 10.1. The molecule has 9 nitrogen and oxygen atoms in total. The summed E-state index contributed by atoms with van der Waals surface area (Å²) in [6, 6.07) is 11.4. The molecule has 0 unspecified atom stereocenters. The summed E-state index contributed by atoms with van der Waals surface area (Å²) in [6.07, 6.45) is 1.64. The molecule has 0 fully saturated rings. The molecule has 0 aliphatic heterocycles. The van der Waals surface area contributed by atoms with Crippen LogP contribution >= 0.6 is 0 Å². The summed E-state index contributed by atoms with van der Waals surface area (Å²) in [5, 5.41) is 16.8. The number of benzene rings is 2. The van der Waals surface area contributed by atoms with Crippen molar-refractivity contribution in [2.24, 2.45) is 0 Å². The molecule has 4 N–H and O–H groups in total. The molecule has 2 aromatic rings. The lowest BCUT2D eigenvalue weighted by Gasteiger charge is -2.10. The third-order valence-corrected chi connectivity index (χ3v) is 4.19. The second-order valence-electron chi connectivity index (χ2n) is 6.10. The first-order valence-corrected chi connectivity index (χ1v) is 8.99. The molecule has 158 valence electrons. The van der Waals surface area contributed by atoms with Gasteiger partial charge in [-0.2, -0.15) is 0 Å². The zero-order valence-corrected chi connectivity index (χ0v) is 16.6. The van der Waals surface area contributed by atoms with Crippen LogP contribution in [0.5, 0.6) is 11.5 Å². The fourth-order valence-corrected chi connectivity index (χ4v) is 2.65. The van der Waals surface area contributed by atoms with Crippen molar-refractivity contribution >= 4 is 11.6 Å². The largest absolute Gasteiger partial charge is 0.493 e. The van der Waals surface area contributed by atoms with Gasteiger partial charge in [0.25, 0.3) is 11.6 Å². The highest BCUT2D eigenvalue weighted by Gasteiger charge is 2.09. The summed E-state index contributed by atoms with van der Waals surface area (Å²) in [4.78, 5) is 22.1. The van der Waals surface area contributed by atoms with Gasteiger partial charge in [-0.15, -0.1) is 0 Å². The van der Waals surface area contributed by atoms with Crippen LogP contribution in [-0.2, 0) is 6.42 Å². The molecule has 29 heavy (non-hydrogen) atoms. The molecule has 0 bridgehead atoms. The minimum absolute atomic E-state index is 0. The van der Waals surface area contributed by atoms with E-state index >= 15 is 0 Å². The van der Waals surface area contributed by atoms with E-state index in [0.29, 0.717) is 23.6 Å². The molecular formula is C20H27N3O6. The van der Waals surface area contributed by atoms with Crippen molar-refractivity contribution in [1.82, 2.24) is 10.6 Å². The van der Waals surface area contributed by atoms with Crippen LogP contribution in [0.2, 0.25) is 0 Å². The van der Waals surface area contributed by atoms with Gasteiger partial charge in [0.2, 0.25) is 0 Å². The van der Waals surface area contributed by atoms with E-state index in [1.165, 1.54) is 24.3 Å². The van der Waals surface area contributed by atoms with E-state index in [1.54, 1.807) is 14.2 Å². The first-order chi connectivity index (χ1) is 13.5. The van der Waals surface area contributed by atoms with Gasteiger partial charge in [0.05, 0.1) is 19.1 Å². The number of non-ortho nitro benzene ring substituents is 1. The molecule has 2 rings (SSSR count). The second kappa shape index (κ2) is 12.3. The van der Waals surface area contributed by atoms with Crippen molar-refractivity contribution in [3.63, 3.8) is 0 Å². The Morgan fingerprint density at radius 3 is 2.31 bits per heavy atom. The van der Waals surface area contributed by atoms with E-state index in [1.807, 2.05) is 18.2 Å². The van der Waals surface area contributed by atoms with Gasteiger partial charge >= 0.3 is 0 Å². The van der Waals surface area contributed by atoms with Crippen molar-refractivity contribution in [3.05, 3.63) is 63.7 Å². The quantitative estimate of drug-likeness (QED) is 0.332. The maximum absolute atomic E-state index is 12.0. The normalized spacial score (nSPS) is 10.0. The van der Waals surface area contributed by atoms with E-state index in [2.05, 4.69) is 10.6 Å². The van der Waals surface area contributed by atoms with E-state index in [-0.39, 0.29) is 17.1 Å². The van der Waals surface area contributed by atoms with Gasteiger partial charge in [0.1, 0.15) is 0 Å². The highest BCUT2D eigenvalue weighted by molar-refractivity contribution is 5.94. The van der Waals surface area contributed by atoms with Gasteiger partial charge in [0, 0.05) is 24.2 Å². The Morgan fingerprint density at radius 2 is 1.69 bits per heavy atom. The Kier molecular flexibility index (Phi) is 10.1. The smallest absolute Gasteiger partial charge is 0.269 e. The van der Waals surface area contributed by atoms with E-state index in [0.717, 1.165) is 31.5 Å². The number of methoxy groups -OCH3 is 2. The molecule has 0 aliphatic carbocycles. The van der Waals surface area contributed by atoms with E-state index < -0.39 is 4.92 Å². The van der Waals surface area contributed by atoms with Crippen LogP contribution < -0.4 is 20.1 Å². The van der Waals surface area contributed by atoms with Gasteiger partial charge in [-0.25, -0.2) is 0 Å². The van der Waals surface area contributed by atoms with E-state index in [9.17, 15) is 14.9 Å². The number of hydrogen-bond acceptors (Lipinski definition) is 6. The fourth-order valence-electron chi connectivity index (χ4n) is 2.65. The molecule has 0 heterocycles. The van der Waals surface area contributed by atoms with Crippen LogP contribution in [0.4, 0.5) is 5.69 Å². The molecule has 0 atom stereocenters. The number of ether oxygens (including phenoxy) is 2. The Labute approximate surface area is 169 Å². The molecular weight excluding hydrogens is 378 g/mol. The Bertz CT molecular complexity index is 795. The maximum Gasteiger partial charge on any atom is 0.269 e. The van der Waals surface area contributed by atoms with Crippen LogP contribution in [0.15, 0.2) is 42.5 Å². The van der Waals surface area contributed by atoms with Crippen LogP contribution in [0.1, 0.15) is 22.3 Å². The Morgan fingerprint density at radius 1 is 1.00 bits per heavy atom. The average molecular weight is 405 g/mol. The van der Waals surface area contributed by atoms with Crippen LogP contribution in [0.3, 0.4) is 0 Å². The van der Waals surface area contributed by atoms with E-state index in [4.69, 9.17) is 9.47 Å². The van der Waals surface area contributed by atoms with Gasteiger partial charge in [-0.1, -0.05) is 6.07 Å². The van der Waals surface area contributed by atoms with Crippen molar-refractivity contribution in [2.75, 3.05) is 33.9 Å². The zero-order chi connectivity index (χ0) is 20.4. The number of carbonyl (C=O) groups is 1. The summed E-state index contributed by atoms with van der Waals surface area (Å²) in [5.74, 6) is 1.19. The molecule has 2 aromatic carbocycles.